The quantitative estimate of drug-likeness (QED) is 0.519. The fourth-order valence-corrected chi connectivity index (χ4v) is 3.78. The highest BCUT2D eigenvalue weighted by molar-refractivity contribution is 7.15. The Kier molecular flexibility index (Phi) is 4.59. The van der Waals surface area contributed by atoms with Crippen LogP contribution in [0.15, 0.2) is 53.3 Å². The molecule has 4 aromatic rings. The molecule has 0 amide bonds. The third-order valence-electron chi connectivity index (χ3n) is 3.67. The van der Waals surface area contributed by atoms with Gasteiger partial charge < -0.3 is 0 Å². The molecule has 0 aliphatic heterocycles. The van der Waals surface area contributed by atoms with Gasteiger partial charge in [0, 0.05) is 10.0 Å². The third-order valence-corrected chi connectivity index (χ3v) is 5.19. The highest BCUT2D eigenvalue weighted by Crippen LogP contribution is 2.21. The van der Waals surface area contributed by atoms with Gasteiger partial charge in [0.15, 0.2) is 5.82 Å². The Labute approximate surface area is 162 Å². The standard InChI is InChI=1S/C19H11Cl2N3OS/c20-14-8-7-13(15(21)11-14)10-16-18(25)24-19(26-16)22-17(23-24)9-6-12-4-2-1-3-5-12/h1-11H/b9-6+,16-10+. The second kappa shape index (κ2) is 7.03. The van der Waals surface area contributed by atoms with E-state index in [4.69, 9.17) is 23.2 Å². The van der Waals surface area contributed by atoms with E-state index in [2.05, 4.69) is 10.1 Å². The van der Waals surface area contributed by atoms with Gasteiger partial charge in [-0.1, -0.05) is 77.0 Å². The van der Waals surface area contributed by atoms with Crippen LogP contribution in [0.1, 0.15) is 17.0 Å². The summed E-state index contributed by atoms with van der Waals surface area (Å²) in [5.74, 6) is 0.494. The van der Waals surface area contributed by atoms with Crippen molar-refractivity contribution in [2.75, 3.05) is 0 Å². The fraction of sp³-hybridized carbons (Fsp3) is 0. The minimum absolute atomic E-state index is 0.220. The molecule has 0 atom stereocenters. The van der Waals surface area contributed by atoms with Crippen LogP contribution in [0.3, 0.4) is 0 Å². The van der Waals surface area contributed by atoms with Gasteiger partial charge in [-0.05, 0) is 35.4 Å². The number of thiazole rings is 1. The summed E-state index contributed by atoms with van der Waals surface area (Å²) >= 11 is 13.3. The van der Waals surface area contributed by atoms with E-state index in [9.17, 15) is 4.79 Å². The van der Waals surface area contributed by atoms with Crippen LogP contribution in [-0.2, 0) is 0 Å². The summed E-state index contributed by atoms with van der Waals surface area (Å²) in [6.45, 7) is 0. The molecule has 128 valence electrons. The molecule has 0 saturated carbocycles. The predicted octanol–water partition coefficient (Wildman–Crippen LogP) is 4.18. The topological polar surface area (TPSA) is 47.3 Å². The Balaban J connectivity index is 1.71. The highest BCUT2D eigenvalue weighted by atomic mass is 35.5. The molecule has 4 rings (SSSR count). The van der Waals surface area contributed by atoms with E-state index in [0.29, 0.717) is 25.4 Å². The van der Waals surface area contributed by atoms with E-state index >= 15 is 0 Å². The Hall–Kier alpha value is -2.47. The van der Waals surface area contributed by atoms with E-state index < -0.39 is 0 Å². The average molecular weight is 400 g/mol. The van der Waals surface area contributed by atoms with Crippen molar-refractivity contribution in [3.63, 3.8) is 0 Å². The number of halogens is 2. The number of hydrogen-bond donors (Lipinski definition) is 0. The Morgan fingerprint density at radius 2 is 1.85 bits per heavy atom. The summed E-state index contributed by atoms with van der Waals surface area (Å²) in [5, 5.41) is 5.31. The zero-order chi connectivity index (χ0) is 18.1. The monoisotopic (exact) mass is 399 g/mol. The molecule has 2 aromatic carbocycles. The predicted molar refractivity (Wildman–Crippen MR) is 108 cm³/mol. The van der Waals surface area contributed by atoms with Crippen LogP contribution in [-0.4, -0.2) is 14.6 Å². The van der Waals surface area contributed by atoms with Crippen molar-refractivity contribution in [3.8, 4) is 0 Å². The van der Waals surface area contributed by atoms with Gasteiger partial charge in [0.2, 0.25) is 4.96 Å². The lowest BCUT2D eigenvalue weighted by molar-refractivity contribution is 0.925. The molecule has 0 bridgehead atoms. The molecule has 0 aliphatic carbocycles. The molecule has 0 saturated heterocycles. The zero-order valence-electron chi connectivity index (χ0n) is 13.3. The van der Waals surface area contributed by atoms with E-state index in [1.54, 1.807) is 30.4 Å². The molecule has 0 aliphatic rings. The summed E-state index contributed by atoms with van der Waals surface area (Å²) in [5.41, 5.74) is 1.55. The second-order valence-corrected chi connectivity index (χ2v) is 7.34. The number of fused-ring (bicyclic) bond motifs is 1. The van der Waals surface area contributed by atoms with Crippen molar-refractivity contribution in [2.45, 2.75) is 0 Å². The third kappa shape index (κ3) is 3.42. The number of nitrogens with zero attached hydrogens (tertiary/aromatic N) is 3. The van der Waals surface area contributed by atoms with Crippen molar-refractivity contribution in [2.24, 2.45) is 0 Å². The SMILES string of the molecule is O=c1/c(=C\c2ccc(Cl)cc2Cl)sc2nc(/C=C/c3ccccc3)nn12. The summed E-state index contributed by atoms with van der Waals surface area (Å²) < 4.78 is 1.83. The molecule has 0 spiro atoms. The van der Waals surface area contributed by atoms with Crippen LogP contribution in [0.4, 0.5) is 0 Å². The summed E-state index contributed by atoms with van der Waals surface area (Å²) in [4.78, 5) is 17.5. The maximum Gasteiger partial charge on any atom is 0.291 e. The molecule has 0 unspecified atom stereocenters. The maximum absolute atomic E-state index is 12.5. The minimum atomic E-state index is -0.220. The van der Waals surface area contributed by atoms with Crippen molar-refractivity contribution in [1.29, 1.82) is 0 Å². The molecule has 4 nitrogen and oxygen atoms in total. The van der Waals surface area contributed by atoms with Crippen LogP contribution < -0.4 is 10.1 Å². The van der Waals surface area contributed by atoms with Crippen molar-refractivity contribution < 1.29 is 0 Å². The molecule has 2 aromatic heterocycles. The van der Waals surface area contributed by atoms with E-state index in [1.165, 1.54) is 15.9 Å². The first-order valence-corrected chi connectivity index (χ1v) is 9.27. The Morgan fingerprint density at radius 3 is 2.58 bits per heavy atom. The van der Waals surface area contributed by atoms with Gasteiger partial charge in [-0.2, -0.15) is 9.50 Å². The maximum atomic E-state index is 12.5. The van der Waals surface area contributed by atoms with E-state index in [0.717, 1.165) is 11.1 Å². The molecule has 26 heavy (non-hydrogen) atoms. The van der Waals surface area contributed by atoms with Gasteiger partial charge in [0.1, 0.15) is 0 Å². The normalized spacial score (nSPS) is 12.5. The number of rotatable bonds is 3. The zero-order valence-corrected chi connectivity index (χ0v) is 15.6. The van der Waals surface area contributed by atoms with Gasteiger partial charge in [-0.15, -0.1) is 5.10 Å². The molecule has 7 heteroatoms. The first-order valence-electron chi connectivity index (χ1n) is 7.70. The Bertz CT molecular complexity index is 1230. The van der Waals surface area contributed by atoms with Crippen LogP contribution >= 0.6 is 34.5 Å². The minimum Gasteiger partial charge on any atom is -0.266 e. The first-order chi connectivity index (χ1) is 12.6. The molecular formula is C19H11Cl2N3OS. The summed E-state index contributed by atoms with van der Waals surface area (Å²) in [6, 6.07) is 15.0. The lowest BCUT2D eigenvalue weighted by Gasteiger charge is -1.97. The number of aromatic nitrogens is 3. The largest absolute Gasteiger partial charge is 0.291 e. The number of benzene rings is 2. The molecular weight excluding hydrogens is 389 g/mol. The summed E-state index contributed by atoms with van der Waals surface area (Å²) in [6.07, 6.45) is 5.42. The highest BCUT2D eigenvalue weighted by Gasteiger charge is 2.09. The first kappa shape index (κ1) is 17.0. The van der Waals surface area contributed by atoms with Gasteiger partial charge >= 0.3 is 0 Å². The van der Waals surface area contributed by atoms with Crippen LogP contribution in [0.25, 0.3) is 23.2 Å². The van der Waals surface area contributed by atoms with Gasteiger partial charge in [-0.3, -0.25) is 4.79 Å². The van der Waals surface area contributed by atoms with Crippen molar-refractivity contribution in [3.05, 3.63) is 90.4 Å². The van der Waals surface area contributed by atoms with E-state index in [1.807, 2.05) is 36.4 Å². The molecule has 0 radical (unpaired) electrons. The van der Waals surface area contributed by atoms with Gasteiger partial charge in [0.05, 0.1) is 4.53 Å². The molecule has 2 heterocycles. The Morgan fingerprint density at radius 1 is 1.04 bits per heavy atom. The fourth-order valence-electron chi connectivity index (χ4n) is 2.41. The average Bonchev–Trinajstić information content (AvgIpc) is 3.16. The van der Waals surface area contributed by atoms with Crippen molar-refractivity contribution in [1.82, 2.24) is 14.6 Å². The second-order valence-electron chi connectivity index (χ2n) is 5.49. The van der Waals surface area contributed by atoms with E-state index in [-0.39, 0.29) is 5.56 Å². The summed E-state index contributed by atoms with van der Waals surface area (Å²) in [7, 11) is 0. The van der Waals surface area contributed by atoms with Crippen LogP contribution in [0.2, 0.25) is 10.0 Å². The van der Waals surface area contributed by atoms with Crippen molar-refractivity contribution >= 4 is 57.7 Å². The lowest BCUT2D eigenvalue weighted by atomic mass is 10.2. The van der Waals surface area contributed by atoms with Crippen LogP contribution in [0.5, 0.6) is 0 Å². The van der Waals surface area contributed by atoms with Crippen LogP contribution in [0, 0.1) is 0 Å². The smallest absolute Gasteiger partial charge is 0.266 e. The van der Waals surface area contributed by atoms with Gasteiger partial charge in [0.25, 0.3) is 5.56 Å². The lowest BCUT2D eigenvalue weighted by Crippen LogP contribution is -2.23. The van der Waals surface area contributed by atoms with Gasteiger partial charge in [-0.25, -0.2) is 0 Å². The number of hydrogen-bond acceptors (Lipinski definition) is 4. The molecule has 0 fully saturated rings. The molecule has 0 N–H and O–H groups in total.